The van der Waals surface area contributed by atoms with E-state index in [0.29, 0.717) is 11.6 Å². The average molecular weight is 643 g/mol. The van der Waals surface area contributed by atoms with Gasteiger partial charge in [-0.3, -0.25) is 4.57 Å². The summed E-state index contributed by atoms with van der Waals surface area (Å²) in [4.78, 5) is 11.1. The standard InChI is InChI=1S/C27H27N3O3S.C12H11N/c1-27(2,3)21-13-15-23(16-14-21)33-17-24-28-29-26(30(24)22-7-5-4-6-8-22)34-18-19-9-11-20(12-10-19)25(31)32;1-3-7-11(8-4-1)13-12-9-5-2-6-10-12/h4-16H,17-18H2,1-3H3,(H,31,32);1-10,13H. The van der Waals surface area contributed by atoms with Gasteiger partial charge in [-0.1, -0.05) is 111 Å². The Labute approximate surface area is 280 Å². The van der Waals surface area contributed by atoms with Crippen LogP contribution in [0.4, 0.5) is 11.4 Å². The summed E-state index contributed by atoms with van der Waals surface area (Å²) in [5.74, 6) is 1.19. The summed E-state index contributed by atoms with van der Waals surface area (Å²) in [5, 5.41) is 22.0. The van der Waals surface area contributed by atoms with Crippen molar-refractivity contribution in [2.45, 2.75) is 43.7 Å². The molecule has 6 aromatic rings. The van der Waals surface area contributed by atoms with Gasteiger partial charge in [-0.15, -0.1) is 10.2 Å². The second-order valence-electron chi connectivity index (χ2n) is 11.8. The van der Waals surface area contributed by atoms with E-state index < -0.39 is 5.97 Å². The van der Waals surface area contributed by atoms with Gasteiger partial charge in [-0.25, -0.2) is 4.79 Å². The molecule has 47 heavy (non-hydrogen) atoms. The zero-order valence-corrected chi connectivity index (χ0v) is 27.5. The van der Waals surface area contributed by atoms with E-state index in [0.717, 1.165) is 33.5 Å². The molecule has 1 heterocycles. The minimum absolute atomic E-state index is 0.0894. The summed E-state index contributed by atoms with van der Waals surface area (Å²) in [6.07, 6.45) is 0. The normalized spacial score (nSPS) is 10.9. The van der Waals surface area contributed by atoms with Crippen molar-refractivity contribution >= 4 is 29.1 Å². The fourth-order valence-electron chi connectivity index (χ4n) is 4.62. The first-order valence-corrected chi connectivity index (χ1v) is 16.3. The van der Waals surface area contributed by atoms with Crippen molar-refractivity contribution in [3.63, 3.8) is 0 Å². The van der Waals surface area contributed by atoms with Gasteiger partial charge in [0.2, 0.25) is 0 Å². The molecule has 1 aromatic heterocycles. The first-order valence-electron chi connectivity index (χ1n) is 15.3. The smallest absolute Gasteiger partial charge is 0.335 e. The van der Waals surface area contributed by atoms with Crippen molar-refractivity contribution in [1.29, 1.82) is 0 Å². The molecular formula is C39H38N4O3S. The second kappa shape index (κ2) is 15.8. The molecule has 0 bridgehead atoms. The predicted octanol–water partition coefficient (Wildman–Crippen LogP) is 9.56. The summed E-state index contributed by atoms with van der Waals surface area (Å²) < 4.78 is 8.05. The molecule has 0 atom stereocenters. The Kier molecular flexibility index (Phi) is 11.1. The van der Waals surface area contributed by atoms with Gasteiger partial charge in [0.1, 0.15) is 12.4 Å². The van der Waals surface area contributed by atoms with E-state index >= 15 is 0 Å². The Morgan fingerprint density at radius 3 is 1.83 bits per heavy atom. The van der Waals surface area contributed by atoms with Crippen LogP contribution in [0.3, 0.4) is 0 Å². The largest absolute Gasteiger partial charge is 0.486 e. The molecular weight excluding hydrogens is 605 g/mol. The molecule has 0 radical (unpaired) electrons. The van der Waals surface area contributed by atoms with Crippen LogP contribution >= 0.6 is 11.8 Å². The van der Waals surface area contributed by atoms with Crippen LogP contribution in [0.2, 0.25) is 0 Å². The Balaban J connectivity index is 0.000000277. The van der Waals surface area contributed by atoms with Crippen molar-refractivity contribution < 1.29 is 14.6 Å². The van der Waals surface area contributed by atoms with Crippen LogP contribution in [-0.2, 0) is 17.8 Å². The summed E-state index contributed by atoms with van der Waals surface area (Å²) in [7, 11) is 0. The summed E-state index contributed by atoms with van der Waals surface area (Å²) in [6.45, 7) is 6.84. The van der Waals surface area contributed by atoms with Gasteiger partial charge in [0.15, 0.2) is 11.0 Å². The van der Waals surface area contributed by atoms with Crippen LogP contribution in [0.15, 0.2) is 145 Å². The van der Waals surface area contributed by atoms with Crippen LogP contribution in [0.5, 0.6) is 5.75 Å². The average Bonchev–Trinajstić information content (AvgIpc) is 3.50. The quantitative estimate of drug-likeness (QED) is 0.144. The minimum Gasteiger partial charge on any atom is -0.486 e. The van der Waals surface area contributed by atoms with Gasteiger partial charge < -0.3 is 15.2 Å². The van der Waals surface area contributed by atoms with Gasteiger partial charge in [0.25, 0.3) is 0 Å². The second-order valence-corrected chi connectivity index (χ2v) is 12.7. The maximum absolute atomic E-state index is 11.1. The maximum Gasteiger partial charge on any atom is 0.335 e. The fourth-order valence-corrected chi connectivity index (χ4v) is 5.55. The number of carboxylic acid groups (broad SMARTS) is 1. The van der Waals surface area contributed by atoms with E-state index in [1.54, 1.807) is 23.9 Å². The Hall–Kier alpha value is -5.34. The molecule has 6 rings (SSSR count). The molecule has 0 fully saturated rings. The van der Waals surface area contributed by atoms with E-state index in [4.69, 9.17) is 9.84 Å². The number of aromatic nitrogens is 3. The topological polar surface area (TPSA) is 89.3 Å². The van der Waals surface area contributed by atoms with Gasteiger partial charge in [0.05, 0.1) is 5.56 Å². The Morgan fingerprint density at radius 2 is 1.30 bits per heavy atom. The molecule has 0 saturated heterocycles. The first-order chi connectivity index (χ1) is 22.8. The highest BCUT2D eigenvalue weighted by Crippen LogP contribution is 2.27. The maximum atomic E-state index is 11.1. The predicted molar refractivity (Wildman–Crippen MR) is 190 cm³/mol. The lowest BCUT2D eigenvalue weighted by atomic mass is 9.87. The van der Waals surface area contributed by atoms with Crippen molar-refractivity contribution in [3.05, 3.63) is 162 Å². The molecule has 0 aliphatic rings. The lowest BCUT2D eigenvalue weighted by Crippen LogP contribution is -2.10. The number of rotatable bonds is 10. The van der Waals surface area contributed by atoms with E-state index in [-0.39, 0.29) is 17.6 Å². The molecule has 238 valence electrons. The number of hydrogen-bond acceptors (Lipinski definition) is 6. The monoisotopic (exact) mass is 642 g/mol. The van der Waals surface area contributed by atoms with Crippen molar-refractivity contribution in [2.75, 3.05) is 5.32 Å². The van der Waals surface area contributed by atoms with Crippen LogP contribution in [0.1, 0.15) is 48.1 Å². The molecule has 5 aromatic carbocycles. The molecule has 0 aliphatic carbocycles. The van der Waals surface area contributed by atoms with Crippen LogP contribution in [-0.4, -0.2) is 25.8 Å². The molecule has 7 nitrogen and oxygen atoms in total. The third kappa shape index (κ3) is 9.58. The Morgan fingerprint density at radius 1 is 0.745 bits per heavy atom. The van der Waals surface area contributed by atoms with Gasteiger partial charge >= 0.3 is 5.97 Å². The molecule has 0 spiro atoms. The van der Waals surface area contributed by atoms with Crippen molar-refractivity contribution in [2.24, 2.45) is 0 Å². The highest BCUT2D eigenvalue weighted by Gasteiger charge is 2.17. The molecule has 8 heteroatoms. The third-order valence-corrected chi connectivity index (χ3v) is 8.21. The molecule has 0 amide bonds. The van der Waals surface area contributed by atoms with Crippen molar-refractivity contribution in [3.8, 4) is 11.4 Å². The molecule has 0 unspecified atom stereocenters. The fraction of sp³-hybridized carbons (Fsp3) is 0.154. The van der Waals surface area contributed by atoms with Crippen LogP contribution < -0.4 is 10.1 Å². The van der Waals surface area contributed by atoms with E-state index in [9.17, 15) is 4.79 Å². The zero-order chi connectivity index (χ0) is 33.1. The number of aromatic carboxylic acids is 1. The number of carbonyl (C=O) groups is 1. The number of nitrogens with one attached hydrogen (secondary N) is 1. The number of nitrogens with zero attached hydrogens (tertiary/aromatic N) is 3. The van der Waals surface area contributed by atoms with Gasteiger partial charge in [-0.05, 0) is 77.2 Å². The number of carboxylic acids is 1. The van der Waals surface area contributed by atoms with Gasteiger partial charge in [0, 0.05) is 22.8 Å². The summed E-state index contributed by atoms with van der Waals surface area (Å²) in [5.41, 5.74) is 5.82. The molecule has 2 N–H and O–H groups in total. The molecule has 0 aliphatic heterocycles. The number of para-hydroxylation sites is 3. The van der Waals surface area contributed by atoms with E-state index in [1.165, 1.54) is 5.56 Å². The minimum atomic E-state index is -0.930. The first kappa shape index (κ1) is 33.0. The van der Waals surface area contributed by atoms with Gasteiger partial charge in [-0.2, -0.15) is 0 Å². The Bertz CT molecular complexity index is 1800. The lowest BCUT2D eigenvalue weighted by molar-refractivity contribution is 0.0697. The highest BCUT2D eigenvalue weighted by molar-refractivity contribution is 7.98. The molecule has 0 saturated carbocycles. The van der Waals surface area contributed by atoms with E-state index in [1.807, 2.05) is 120 Å². The number of hydrogen-bond donors (Lipinski definition) is 2. The summed E-state index contributed by atoms with van der Waals surface area (Å²) in [6, 6.07) is 45.3. The highest BCUT2D eigenvalue weighted by atomic mass is 32.2. The number of ether oxygens (including phenoxy) is 1. The lowest BCUT2D eigenvalue weighted by Gasteiger charge is -2.19. The van der Waals surface area contributed by atoms with E-state index in [2.05, 4.69) is 48.4 Å². The summed E-state index contributed by atoms with van der Waals surface area (Å²) >= 11 is 1.54. The number of thioether (sulfide) groups is 1. The SMILES string of the molecule is CC(C)(C)c1ccc(OCc2nnc(SCc3ccc(C(=O)O)cc3)n2-c2ccccc2)cc1.c1ccc(Nc2ccccc2)cc1. The van der Waals surface area contributed by atoms with Crippen LogP contribution in [0, 0.1) is 0 Å². The van der Waals surface area contributed by atoms with Crippen LogP contribution in [0.25, 0.3) is 5.69 Å². The number of anilines is 2. The third-order valence-electron chi connectivity index (χ3n) is 7.21. The zero-order valence-electron chi connectivity index (χ0n) is 26.7. The number of benzene rings is 5. The van der Waals surface area contributed by atoms with Crippen molar-refractivity contribution in [1.82, 2.24) is 14.8 Å².